The molecule has 1 amide bonds. The lowest BCUT2D eigenvalue weighted by Crippen LogP contribution is -2.62. The molecule has 0 radical (unpaired) electrons. The van der Waals surface area contributed by atoms with Crippen LogP contribution in [0.15, 0.2) is 48.5 Å². The van der Waals surface area contributed by atoms with Crippen molar-refractivity contribution in [3.05, 3.63) is 59.9 Å². The van der Waals surface area contributed by atoms with Gasteiger partial charge in [0.1, 0.15) is 12.1 Å². The summed E-state index contributed by atoms with van der Waals surface area (Å²) in [5.74, 6) is 0.840. The lowest BCUT2D eigenvalue weighted by Gasteiger charge is -2.42. The average Bonchev–Trinajstić information content (AvgIpc) is 3.18. The Bertz CT molecular complexity index is 1100. The summed E-state index contributed by atoms with van der Waals surface area (Å²) in [7, 11) is 2.08. The van der Waals surface area contributed by atoms with Gasteiger partial charge in [0.2, 0.25) is 11.9 Å². The van der Waals surface area contributed by atoms with Crippen molar-refractivity contribution in [1.82, 2.24) is 25.1 Å². The fraction of sp³-hybridized carbons (Fsp3) is 0.417. The molecule has 10 heteroatoms. The number of halogens is 3. The molecule has 2 aromatic carbocycles. The van der Waals surface area contributed by atoms with Gasteiger partial charge >= 0.3 is 0 Å². The first-order chi connectivity index (χ1) is 15.6. The highest BCUT2D eigenvalue weighted by Gasteiger charge is 2.30. The summed E-state index contributed by atoms with van der Waals surface area (Å²) in [6, 6.07) is 15.2. The van der Waals surface area contributed by atoms with E-state index >= 15 is 0 Å². The topological polar surface area (TPSA) is 65.4 Å². The Kier molecular flexibility index (Phi) is 8.76. The Morgan fingerprint density at radius 2 is 1.79 bits per heavy atom. The molecular formula is C24H31Cl2FN6O. The van der Waals surface area contributed by atoms with E-state index in [1.807, 2.05) is 30.3 Å². The summed E-state index contributed by atoms with van der Waals surface area (Å²) in [6.45, 7) is 3.14. The van der Waals surface area contributed by atoms with Crippen LogP contribution in [0.2, 0.25) is 0 Å². The van der Waals surface area contributed by atoms with Crippen LogP contribution in [0, 0.1) is 5.82 Å². The summed E-state index contributed by atoms with van der Waals surface area (Å²) < 4.78 is 15.6. The quantitative estimate of drug-likeness (QED) is 0.553. The lowest BCUT2D eigenvalue weighted by atomic mass is 10.0. The van der Waals surface area contributed by atoms with Crippen LogP contribution in [0.25, 0.3) is 11.0 Å². The molecule has 0 saturated carbocycles. The van der Waals surface area contributed by atoms with Crippen molar-refractivity contribution >= 4 is 47.7 Å². The van der Waals surface area contributed by atoms with Crippen LogP contribution in [0.3, 0.4) is 0 Å². The SMILES string of the molecule is CN(C1CCN(c2nc3ccccc3n2Cc2ccc(F)cc2)CC1)C1NCCC(=O)N1.Cl.Cl. The molecule has 1 atom stereocenters. The Balaban J connectivity index is 0.00000162. The van der Waals surface area contributed by atoms with E-state index in [1.54, 1.807) is 0 Å². The van der Waals surface area contributed by atoms with Gasteiger partial charge in [0.05, 0.1) is 17.6 Å². The van der Waals surface area contributed by atoms with Gasteiger partial charge in [-0.25, -0.2) is 9.37 Å². The van der Waals surface area contributed by atoms with Crippen LogP contribution in [0.4, 0.5) is 10.3 Å². The van der Waals surface area contributed by atoms with Crippen LogP contribution >= 0.6 is 24.8 Å². The zero-order chi connectivity index (χ0) is 22.1. The Labute approximate surface area is 211 Å². The summed E-state index contributed by atoms with van der Waals surface area (Å²) in [5.41, 5.74) is 3.10. The number of rotatable bonds is 5. The van der Waals surface area contributed by atoms with E-state index in [9.17, 15) is 9.18 Å². The van der Waals surface area contributed by atoms with Gasteiger partial charge in [-0.05, 0) is 49.7 Å². The number of anilines is 1. The fourth-order valence-corrected chi connectivity index (χ4v) is 4.76. The van der Waals surface area contributed by atoms with Gasteiger partial charge in [-0.2, -0.15) is 0 Å². The van der Waals surface area contributed by atoms with Crippen molar-refractivity contribution in [3.8, 4) is 0 Å². The van der Waals surface area contributed by atoms with E-state index < -0.39 is 0 Å². The Morgan fingerprint density at radius 1 is 1.09 bits per heavy atom. The van der Waals surface area contributed by atoms with E-state index in [1.165, 1.54) is 12.1 Å². The largest absolute Gasteiger partial charge is 0.342 e. The van der Waals surface area contributed by atoms with Crippen molar-refractivity contribution in [2.75, 3.05) is 31.6 Å². The number of fused-ring (bicyclic) bond motifs is 1. The number of imidazole rings is 1. The van der Waals surface area contributed by atoms with Crippen LogP contribution in [0.1, 0.15) is 24.8 Å². The third-order valence-electron chi connectivity index (χ3n) is 6.61. The van der Waals surface area contributed by atoms with E-state index in [-0.39, 0.29) is 42.8 Å². The molecule has 2 fully saturated rings. The van der Waals surface area contributed by atoms with Crippen LogP contribution in [0.5, 0.6) is 0 Å². The third kappa shape index (κ3) is 5.46. The smallest absolute Gasteiger partial charge is 0.223 e. The molecule has 5 rings (SSSR count). The molecule has 3 aromatic rings. The second kappa shape index (κ2) is 11.4. The van der Waals surface area contributed by atoms with E-state index in [0.29, 0.717) is 25.6 Å². The minimum Gasteiger partial charge on any atom is -0.342 e. The summed E-state index contributed by atoms with van der Waals surface area (Å²) in [5, 5.41) is 6.42. The van der Waals surface area contributed by atoms with Crippen LogP contribution in [-0.4, -0.2) is 59.4 Å². The summed E-state index contributed by atoms with van der Waals surface area (Å²) in [6.07, 6.45) is 2.41. The maximum atomic E-state index is 13.4. The maximum Gasteiger partial charge on any atom is 0.223 e. The van der Waals surface area contributed by atoms with Gasteiger partial charge in [0, 0.05) is 32.1 Å². The highest BCUT2D eigenvalue weighted by Crippen LogP contribution is 2.27. The molecule has 2 saturated heterocycles. The first-order valence-corrected chi connectivity index (χ1v) is 11.3. The second-order valence-electron chi connectivity index (χ2n) is 8.67. The number of para-hydroxylation sites is 2. The van der Waals surface area contributed by atoms with Gasteiger partial charge in [0.15, 0.2) is 0 Å². The first kappa shape index (κ1) is 26.2. The Hall–Kier alpha value is -2.39. The van der Waals surface area contributed by atoms with E-state index in [4.69, 9.17) is 4.98 Å². The number of nitrogens with one attached hydrogen (secondary N) is 2. The number of piperidine rings is 1. The predicted octanol–water partition coefficient (Wildman–Crippen LogP) is 3.36. The number of nitrogens with zero attached hydrogens (tertiary/aromatic N) is 4. The highest BCUT2D eigenvalue weighted by molar-refractivity contribution is 5.85. The summed E-state index contributed by atoms with van der Waals surface area (Å²) in [4.78, 5) is 21.3. The van der Waals surface area contributed by atoms with Gasteiger partial charge in [-0.3, -0.25) is 15.0 Å². The van der Waals surface area contributed by atoms with E-state index in [2.05, 4.69) is 38.1 Å². The number of hydrogen-bond acceptors (Lipinski definition) is 5. The molecule has 34 heavy (non-hydrogen) atoms. The number of amides is 1. The van der Waals surface area contributed by atoms with Crippen molar-refractivity contribution < 1.29 is 9.18 Å². The minimum atomic E-state index is -0.223. The molecular weight excluding hydrogens is 478 g/mol. The number of aromatic nitrogens is 2. The van der Waals surface area contributed by atoms with Crippen LogP contribution < -0.4 is 15.5 Å². The molecule has 1 aromatic heterocycles. The van der Waals surface area contributed by atoms with Crippen molar-refractivity contribution in [2.24, 2.45) is 0 Å². The van der Waals surface area contributed by atoms with Gasteiger partial charge in [-0.1, -0.05) is 24.3 Å². The standard InChI is InChI=1S/C24H29FN6O.2ClH/c1-29(23-26-13-10-22(32)28-23)19-11-14-30(15-12-19)24-27-20-4-2-3-5-21(20)31(24)16-17-6-8-18(25)9-7-17;;/h2-9,19,23,26H,10-16H2,1H3,(H,28,32);2*1H. The molecule has 2 aliphatic rings. The van der Waals surface area contributed by atoms with Crippen molar-refractivity contribution in [1.29, 1.82) is 0 Å². The number of carbonyl (C=O) groups is 1. The zero-order valence-electron chi connectivity index (χ0n) is 19.1. The molecule has 184 valence electrons. The van der Waals surface area contributed by atoms with Crippen molar-refractivity contribution in [2.45, 2.75) is 38.1 Å². The fourth-order valence-electron chi connectivity index (χ4n) is 4.76. The number of benzene rings is 2. The zero-order valence-corrected chi connectivity index (χ0v) is 20.7. The third-order valence-corrected chi connectivity index (χ3v) is 6.61. The summed E-state index contributed by atoms with van der Waals surface area (Å²) >= 11 is 0. The van der Waals surface area contributed by atoms with Gasteiger partial charge in [-0.15, -0.1) is 24.8 Å². The molecule has 1 unspecified atom stereocenters. The molecule has 2 aliphatic heterocycles. The average molecular weight is 509 g/mol. The number of carbonyl (C=O) groups excluding carboxylic acids is 1. The van der Waals surface area contributed by atoms with Crippen molar-refractivity contribution in [3.63, 3.8) is 0 Å². The lowest BCUT2D eigenvalue weighted by molar-refractivity contribution is -0.125. The van der Waals surface area contributed by atoms with Crippen LogP contribution in [-0.2, 0) is 11.3 Å². The second-order valence-corrected chi connectivity index (χ2v) is 8.67. The first-order valence-electron chi connectivity index (χ1n) is 11.3. The van der Waals surface area contributed by atoms with E-state index in [0.717, 1.165) is 48.5 Å². The van der Waals surface area contributed by atoms with Gasteiger partial charge in [0.25, 0.3) is 0 Å². The predicted molar refractivity (Wildman–Crippen MR) is 137 cm³/mol. The molecule has 0 aliphatic carbocycles. The molecule has 2 N–H and O–H groups in total. The Morgan fingerprint density at radius 3 is 2.50 bits per heavy atom. The maximum absolute atomic E-state index is 13.4. The van der Waals surface area contributed by atoms with Gasteiger partial charge < -0.3 is 14.8 Å². The monoisotopic (exact) mass is 508 g/mol. The molecule has 7 nitrogen and oxygen atoms in total. The number of hydrogen-bond donors (Lipinski definition) is 2. The minimum absolute atomic E-state index is 0. The highest BCUT2D eigenvalue weighted by atomic mass is 35.5. The molecule has 3 heterocycles. The molecule has 0 bridgehead atoms. The molecule has 0 spiro atoms. The normalized spacial score (nSPS) is 19.0.